The summed E-state index contributed by atoms with van der Waals surface area (Å²) in [5, 5.41) is 6.37. The van der Waals surface area contributed by atoms with Gasteiger partial charge < -0.3 is 13.6 Å². The molecule has 4 aromatic heterocycles. The largest absolute Gasteiger partial charge is 0.466 e. The van der Waals surface area contributed by atoms with E-state index in [0.29, 0.717) is 22.7 Å². The molecule has 75 heavy (non-hydrogen) atoms. The highest BCUT2D eigenvalue weighted by Gasteiger charge is 2.30. The van der Waals surface area contributed by atoms with Crippen molar-refractivity contribution in [2.75, 3.05) is 0 Å². The molecule has 6 nitrogen and oxygen atoms in total. The van der Waals surface area contributed by atoms with E-state index in [1.54, 1.807) is 0 Å². The highest BCUT2D eigenvalue weighted by molar-refractivity contribution is 6.18. The van der Waals surface area contributed by atoms with Crippen LogP contribution in [0.1, 0.15) is 105 Å². The first kappa shape index (κ1) is 47.7. The van der Waals surface area contributed by atoms with Crippen molar-refractivity contribution in [2.45, 2.75) is 105 Å². The Hall–Kier alpha value is -8.27. The fraction of sp³-hybridized carbons (Fsp3) is 0.232. The molecule has 6 heteroatoms. The summed E-state index contributed by atoms with van der Waals surface area (Å²) in [6.07, 6.45) is 0. The SMILES string of the molecule is [C-]#[N+]c1c(-n2c3ccc(C(C)(C)C)cc3c3cc(C(C)(C)C)ccc32)c(-n2c3ccc(C(C)(C)C)cc3c3cc(C(C)(C)C)ccc32)cc2c1oc1c(-c3nc(-c4ccccc4)cc(-c4ccccc4)n3)cccc12. The summed E-state index contributed by atoms with van der Waals surface area (Å²) in [5.41, 5.74) is 16.5. The number of furan rings is 1. The minimum Gasteiger partial charge on any atom is -0.466 e. The second kappa shape index (κ2) is 16.9. The van der Waals surface area contributed by atoms with Gasteiger partial charge in [0.25, 0.3) is 5.69 Å². The summed E-state index contributed by atoms with van der Waals surface area (Å²) in [6, 6.07) is 58.8. The molecular weight excluding hydrogens is 915 g/mol. The van der Waals surface area contributed by atoms with E-state index in [-0.39, 0.29) is 21.7 Å². The first-order chi connectivity index (χ1) is 35.7. The van der Waals surface area contributed by atoms with E-state index in [4.69, 9.17) is 14.4 Å². The van der Waals surface area contributed by atoms with Crippen molar-refractivity contribution in [1.29, 1.82) is 0 Å². The second-order valence-corrected chi connectivity index (χ2v) is 24.7. The third-order valence-corrected chi connectivity index (χ3v) is 15.4. The molecule has 0 amide bonds. The van der Waals surface area contributed by atoms with Crippen molar-refractivity contribution in [2.24, 2.45) is 0 Å². The van der Waals surface area contributed by atoms with Crippen LogP contribution in [0.2, 0.25) is 0 Å². The van der Waals surface area contributed by atoms with Crippen LogP contribution in [-0.2, 0) is 21.7 Å². The Bertz CT molecular complexity index is 4120. The van der Waals surface area contributed by atoms with E-state index >= 15 is 0 Å². The van der Waals surface area contributed by atoms with E-state index in [0.717, 1.165) is 83.1 Å². The van der Waals surface area contributed by atoms with Crippen molar-refractivity contribution in [1.82, 2.24) is 19.1 Å². The Kier molecular flexibility index (Phi) is 10.7. The van der Waals surface area contributed by atoms with Gasteiger partial charge in [0.2, 0.25) is 0 Å². The third kappa shape index (κ3) is 7.91. The van der Waals surface area contributed by atoms with Crippen molar-refractivity contribution in [3.8, 4) is 45.3 Å². The minimum absolute atomic E-state index is 0.0774. The highest BCUT2D eigenvalue weighted by atomic mass is 16.3. The molecule has 0 unspecified atom stereocenters. The van der Waals surface area contributed by atoms with Crippen LogP contribution in [0.3, 0.4) is 0 Å². The summed E-state index contributed by atoms with van der Waals surface area (Å²) in [4.78, 5) is 15.1. The van der Waals surface area contributed by atoms with Gasteiger partial charge >= 0.3 is 0 Å². The number of hydrogen-bond acceptors (Lipinski definition) is 3. The van der Waals surface area contributed by atoms with Crippen LogP contribution in [0.25, 0.3) is 116 Å². The molecule has 0 aliphatic heterocycles. The second-order valence-electron chi connectivity index (χ2n) is 24.7. The summed E-state index contributed by atoms with van der Waals surface area (Å²) in [5.74, 6) is 0.545. The molecule has 0 spiro atoms. The maximum atomic E-state index is 9.41. The zero-order valence-electron chi connectivity index (χ0n) is 45.2. The lowest BCUT2D eigenvalue weighted by atomic mass is 9.85. The summed E-state index contributed by atoms with van der Waals surface area (Å²) >= 11 is 0. The molecule has 0 saturated heterocycles. The van der Waals surface area contributed by atoms with E-state index in [1.165, 1.54) is 33.0 Å². The average Bonchev–Trinajstić information content (AvgIpc) is 4.10. The van der Waals surface area contributed by atoms with Crippen molar-refractivity contribution in [3.05, 3.63) is 197 Å². The van der Waals surface area contributed by atoms with Gasteiger partial charge in [0, 0.05) is 43.4 Å². The van der Waals surface area contributed by atoms with Crippen LogP contribution in [0.5, 0.6) is 0 Å². The van der Waals surface area contributed by atoms with Gasteiger partial charge in [0.1, 0.15) is 11.2 Å². The quantitative estimate of drug-likeness (QED) is 0.162. The lowest BCUT2D eigenvalue weighted by Crippen LogP contribution is -2.11. The molecule has 8 aromatic carbocycles. The minimum atomic E-state index is -0.0883. The molecule has 12 rings (SSSR count). The first-order valence-corrected chi connectivity index (χ1v) is 26.3. The standard InChI is InChI=1S/C69H63N5O/c1-66(2,3)43-27-31-56-49(35-43)50-36-44(67(4,5)6)28-32-57(50)73(56)60-39-53-47-25-20-26-48(65-71-54(41-21-16-14-17-22-41)40-55(72-65)42-23-18-15-19-24-42)63(47)75-64(53)61(70-13)62(60)74-58-33-29-45(68(7,8)9)37-51(58)52-38-46(69(10,11)12)30-34-59(52)74/h14-40H,1-12H3. The number of fused-ring (bicyclic) bond motifs is 9. The number of aromatic nitrogens is 4. The molecule has 0 bridgehead atoms. The zero-order valence-corrected chi connectivity index (χ0v) is 45.2. The van der Waals surface area contributed by atoms with Crippen LogP contribution < -0.4 is 0 Å². The van der Waals surface area contributed by atoms with Gasteiger partial charge in [-0.25, -0.2) is 14.8 Å². The normalized spacial score (nSPS) is 12.8. The number of nitrogens with zero attached hydrogens (tertiary/aromatic N) is 5. The van der Waals surface area contributed by atoms with Gasteiger partial charge in [0.15, 0.2) is 5.82 Å². The van der Waals surface area contributed by atoms with E-state index in [2.05, 4.69) is 218 Å². The van der Waals surface area contributed by atoms with E-state index in [1.807, 2.05) is 42.5 Å². The van der Waals surface area contributed by atoms with Gasteiger partial charge in [-0.2, -0.15) is 0 Å². The van der Waals surface area contributed by atoms with Gasteiger partial charge in [-0.1, -0.05) is 180 Å². The number of para-hydroxylation sites is 1. The Balaban J connectivity index is 1.25. The monoisotopic (exact) mass is 978 g/mol. The zero-order chi connectivity index (χ0) is 52.5. The van der Waals surface area contributed by atoms with Gasteiger partial charge in [0.05, 0.1) is 57.0 Å². The van der Waals surface area contributed by atoms with E-state index in [9.17, 15) is 6.57 Å². The van der Waals surface area contributed by atoms with Gasteiger partial charge in [-0.15, -0.1) is 0 Å². The van der Waals surface area contributed by atoms with Crippen molar-refractivity contribution in [3.63, 3.8) is 0 Å². The molecule has 0 aliphatic rings. The third-order valence-electron chi connectivity index (χ3n) is 15.4. The number of benzene rings is 8. The fourth-order valence-electron chi connectivity index (χ4n) is 11.1. The molecule has 370 valence electrons. The molecule has 0 radical (unpaired) electrons. The number of hydrogen-bond donors (Lipinski definition) is 0. The Morgan fingerprint density at radius 1 is 0.400 bits per heavy atom. The highest BCUT2D eigenvalue weighted by Crippen LogP contribution is 2.50. The van der Waals surface area contributed by atoms with Crippen LogP contribution in [0, 0.1) is 6.57 Å². The van der Waals surface area contributed by atoms with Crippen molar-refractivity contribution < 1.29 is 4.42 Å². The molecule has 0 fully saturated rings. The Morgan fingerprint density at radius 2 is 0.813 bits per heavy atom. The van der Waals surface area contributed by atoms with E-state index < -0.39 is 0 Å². The lowest BCUT2D eigenvalue weighted by molar-refractivity contribution is 0.590. The lowest BCUT2D eigenvalue weighted by Gasteiger charge is -2.21. The molecule has 12 aromatic rings. The smallest absolute Gasteiger partial charge is 0.254 e. The molecule has 0 N–H and O–H groups in total. The predicted octanol–water partition coefficient (Wildman–Crippen LogP) is 19.3. The predicted molar refractivity (Wildman–Crippen MR) is 315 cm³/mol. The summed E-state index contributed by atoms with van der Waals surface area (Å²) in [6.45, 7) is 36.8. The summed E-state index contributed by atoms with van der Waals surface area (Å²) in [7, 11) is 0. The summed E-state index contributed by atoms with van der Waals surface area (Å²) < 4.78 is 12.0. The van der Waals surface area contributed by atoms with Gasteiger partial charge in [-0.3, -0.25) is 0 Å². The molecule has 4 heterocycles. The first-order valence-electron chi connectivity index (χ1n) is 26.3. The Morgan fingerprint density at radius 3 is 1.21 bits per heavy atom. The maximum absolute atomic E-state index is 9.41. The molecular formula is C69H63N5O. The average molecular weight is 978 g/mol. The van der Waals surface area contributed by atoms with Gasteiger partial charge in [-0.05, 0) is 111 Å². The maximum Gasteiger partial charge on any atom is 0.254 e. The topological polar surface area (TPSA) is 53.1 Å². The molecule has 0 aliphatic carbocycles. The van der Waals surface area contributed by atoms with Crippen LogP contribution in [0.4, 0.5) is 5.69 Å². The van der Waals surface area contributed by atoms with Crippen LogP contribution >= 0.6 is 0 Å². The van der Waals surface area contributed by atoms with Crippen molar-refractivity contribution >= 4 is 71.2 Å². The molecule has 0 atom stereocenters. The van der Waals surface area contributed by atoms with Crippen LogP contribution in [-0.4, -0.2) is 19.1 Å². The number of rotatable bonds is 5. The Labute approximate surface area is 440 Å². The fourth-order valence-corrected chi connectivity index (χ4v) is 11.1. The van der Waals surface area contributed by atoms with Crippen LogP contribution in [0.15, 0.2) is 168 Å². The molecule has 0 saturated carbocycles.